The van der Waals surface area contributed by atoms with Gasteiger partial charge in [-0.25, -0.2) is 14.4 Å². The number of aliphatic carboxylic acids is 1. The Hall–Kier alpha value is -5.11. The lowest BCUT2D eigenvalue weighted by molar-refractivity contribution is -0.143. The Morgan fingerprint density at radius 2 is 1.56 bits per heavy atom. The summed E-state index contributed by atoms with van der Waals surface area (Å²) in [6.45, 7) is 4.22. The van der Waals surface area contributed by atoms with Crippen molar-refractivity contribution in [1.29, 1.82) is 0 Å². The highest BCUT2D eigenvalue weighted by Crippen LogP contribution is 2.38. The van der Waals surface area contributed by atoms with Crippen molar-refractivity contribution in [3.8, 4) is 0 Å². The predicted octanol–water partition coefficient (Wildman–Crippen LogP) is 6.91. The predicted molar refractivity (Wildman–Crippen MR) is 169 cm³/mol. The van der Waals surface area contributed by atoms with Crippen LogP contribution < -0.4 is 9.80 Å². The molecule has 218 valence electrons. The molecule has 0 bridgehead atoms. The number of carboxylic acids is 1. The van der Waals surface area contributed by atoms with Crippen molar-refractivity contribution in [2.24, 2.45) is 5.92 Å². The number of benzene rings is 3. The van der Waals surface area contributed by atoms with E-state index in [-0.39, 0.29) is 31.6 Å². The van der Waals surface area contributed by atoms with Crippen LogP contribution in [0.5, 0.6) is 0 Å². The zero-order chi connectivity index (χ0) is 30.1. The van der Waals surface area contributed by atoms with E-state index in [4.69, 9.17) is 0 Å². The summed E-state index contributed by atoms with van der Waals surface area (Å²) in [7, 11) is 0. The number of piperazine rings is 1. The lowest BCUT2D eigenvalue weighted by atomic mass is 9.99. The molecule has 3 aromatic carbocycles. The van der Waals surface area contributed by atoms with Gasteiger partial charge >= 0.3 is 18.0 Å². The number of nitrogens with zero attached hydrogens (tertiary/aromatic N) is 4. The second-order valence-corrected chi connectivity index (χ2v) is 11.2. The van der Waals surface area contributed by atoms with Gasteiger partial charge < -0.3 is 14.9 Å². The van der Waals surface area contributed by atoms with Crippen molar-refractivity contribution < 1.29 is 19.5 Å². The van der Waals surface area contributed by atoms with Gasteiger partial charge in [0.25, 0.3) is 0 Å². The Kier molecular flexibility index (Phi) is 7.59. The maximum atomic E-state index is 14.3. The summed E-state index contributed by atoms with van der Waals surface area (Å²) >= 11 is 0. The molecular weight excluding hydrogens is 540 g/mol. The first-order valence-electron chi connectivity index (χ1n) is 14.5. The SMILES string of the molecule is Cc1cccc(N(C(=O)N2CCN(C(=O)N3c4ccccc4C=Cc4ccccc43)[C@H](C(=O)O)C2)C2=CC=CC(C)C2)c1. The third-order valence-electron chi connectivity index (χ3n) is 8.17. The maximum absolute atomic E-state index is 14.3. The van der Waals surface area contributed by atoms with Crippen molar-refractivity contribution in [2.75, 3.05) is 29.4 Å². The average molecular weight is 575 g/mol. The number of allylic oxidation sites excluding steroid dienone is 4. The molecule has 1 aliphatic carbocycles. The van der Waals surface area contributed by atoms with Gasteiger partial charge in [-0.2, -0.15) is 0 Å². The zero-order valence-electron chi connectivity index (χ0n) is 24.3. The fourth-order valence-corrected chi connectivity index (χ4v) is 6.00. The third-order valence-corrected chi connectivity index (χ3v) is 8.17. The van der Waals surface area contributed by atoms with Crippen LogP contribution in [0.4, 0.5) is 26.7 Å². The number of carbonyl (C=O) groups excluding carboxylic acids is 2. The van der Waals surface area contributed by atoms with E-state index in [0.29, 0.717) is 17.8 Å². The first-order chi connectivity index (χ1) is 20.8. The van der Waals surface area contributed by atoms with E-state index >= 15 is 0 Å². The molecule has 1 N–H and O–H groups in total. The number of hydrogen-bond donors (Lipinski definition) is 1. The average Bonchev–Trinajstić information content (AvgIpc) is 3.17. The number of amides is 4. The van der Waals surface area contributed by atoms with Crippen molar-refractivity contribution in [2.45, 2.75) is 26.3 Å². The Bertz CT molecular complexity index is 1630. The van der Waals surface area contributed by atoms with Gasteiger partial charge in [-0.1, -0.05) is 79.8 Å². The minimum atomic E-state index is -1.22. The van der Waals surface area contributed by atoms with Crippen LogP contribution >= 0.6 is 0 Å². The molecule has 2 aliphatic heterocycles. The van der Waals surface area contributed by atoms with Gasteiger partial charge in [0.1, 0.15) is 6.04 Å². The molecule has 0 aromatic heterocycles. The van der Waals surface area contributed by atoms with E-state index in [0.717, 1.165) is 28.1 Å². The molecule has 0 spiro atoms. The Morgan fingerprint density at radius 3 is 2.19 bits per heavy atom. The molecule has 4 amide bonds. The van der Waals surface area contributed by atoms with Crippen LogP contribution in [0, 0.1) is 12.8 Å². The molecule has 3 aromatic rings. The van der Waals surface area contributed by atoms with Crippen LogP contribution in [0.25, 0.3) is 12.2 Å². The lowest BCUT2D eigenvalue weighted by Gasteiger charge is -2.43. The normalized spacial score (nSPS) is 19.2. The molecule has 1 saturated heterocycles. The number of urea groups is 2. The minimum absolute atomic E-state index is 0.0762. The molecule has 6 rings (SSSR count). The van der Waals surface area contributed by atoms with Crippen molar-refractivity contribution in [1.82, 2.24) is 9.80 Å². The van der Waals surface area contributed by atoms with E-state index < -0.39 is 18.0 Å². The van der Waals surface area contributed by atoms with Gasteiger partial charge in [0, 0.05) is 18.8 Å². The van der Waals surface area contributed by atoms with Gasteiger partial charge in [-0.15, -0.1) is 0 Å². The number of carboxylic acid groups (broad SMARTS) is 1. The van der Waals surface area contributed by atoms with E-state index in [1.807, 2.05) is 104 Å². The van der Waals surface area contributed by atoms with Gasteiger partial charge in [-0.3, -0.25) is 9.80 Å². The second-order valence-electron chi connectivity index (χ2n) is 11.2. The highest BCUT2D eigenvalue weighted by atomic mass is 16.4. The Labute approximate surface area is 251 Å². The molecular formula is C35H34N4O4. The van der Waals surface area contributed by atoms with Gasteiger partial charge in [0.15, 0.2) is 0 Å². The first-order valence-corrected chi connectivity index (χ1v) is 14.5. The quantitative estimate of drug-likeness (QED) is 0.368. The van der Waals surface area contributed by atoms with Crippen molar-refractivity contribution in [3.63, 3.8) is 0 Å². The van der Waals surface area contributed by atoms with E-state index in [1.54, 1.807) is 14.7 Å². The molecule has 2 heterocycles. The molecule has 1 unspecified atom stereocenters. The lowest BCUT2D eigenvalue weighted by Crippen LogP contribution is -2.62. The summed E-state index contributed by atoms with van der Waals surface area (Å²) in [6.07, 6.45) is 10.6. The molecule has 43 heavy (non-hydrogen) atoms. The molecule has 1 fully saturated rings. The number of aryl methyl sites for hydroxylation is 1. The number of hydrogen-bond acceptors (Lipinski definition) is 3. The van der Waals surface area contributed by atoms with Crippen molar-refractivity contribution in [3.05, 3.63) is 113 Å². The summed E-state index contributed by atoms with van der Waals surface area (Å²) in [6, 6.07) is 20.9. The van der Waals surface area contributed by atoms with Crippen LogP contribution in [-0.2, 0) is 4.79 Å². The van der Waals surface area contributed by atoms with Gasteiger partial charge in [-0.05, 0) is 66.3 Å². The van der Waals surface area contributed by atoms with Crippen LogP contribution in [0.1, 0.15) is 30.0 Å². The largest absolute Gasteiger partial charge is 0.480 e. The fourth-order valence-electron chi connectivity index (χ4n) is 6.00. The van der Waals surface area contributed by atoms with Gasteiger partial charge in [0.05, 0.1) is 23.6 Å². The number of carbonyl (C=O) groups is 3. The monoisotopic (exact) mass is 574 g/mol. The summed E-state index contributed by atoms with van der Waals surface area (Å²) in [5.41, 5.74) is 5.65. The summed E-state index contributed by atoms with van der Waals surface area (Å²) < 4.78 is 0. The van der Waals surface area contributed by atoms with Crippen LogP contribution in [0.3, 0.4) is 0 Å². The van der Waals surface area contributed by atoms with Crippen LogP contribution in [-0.4, -0.2) is 58.6 Å². The second kappa shape index (κ2) is 11.6. The van der Waals surface area contributed by atoms with E-state index in [1.165, 1.54) is 4.90 Å². The van der Waals surface area contributed by atoms with Crippen LogP contribution in [0.15, 0.2) is 96.7 Å². The molecule has 2 atom stereocenters. The molecule has 0 radical (unpaired) electrons. The molecule has 3 aliphatic rings. The Balaban J connectivity index is 1.32. The zero-order valence-corrected chi connectivity index (χ0v) is 24.3. The topological polar surface area (TPSA) is 84.4 Å². The van der Waals surface area contributed by atoms with Gasteiger partial charge in [0.2, 0.25) is 0 Å². The molecule has 0 saturated carbocycles. The maximum Gasteiger partial charge on any atom is 0.330 e. The fraction of sp³-hybridized carbons (Fsp3) is 0.229. The number of fused-ring (bicyclic) bond motifs is 2. The summed E-state index contributed by atoms with van der Waals surface area (Å²) in [5.74, 6) is -0.897. The smallest absolute Gasteiger partial charge is 0.330 e. The molecule has 8 heteroatoms. The molecule has 8 nitrogen and oxygen atoms in total. The number of anilines is 3. The van der Waals surface area contributed by atoms with Crippen LogP contribution in [0.2, 0.25) is 0 Å². The van der Waals surface area contributed by atoms with E-state index in [9.17, 15) is 19.5 Å². The Morgan fingerprint density at radius 1 is 0.884 bits per heavy atom. The summed E-state index contributed by atoms with van der Waals surface area (Å²) in [4.78, 5) is 47.5. The highest BCUT2D eigenvalue weighted by molar-refractivity contribution is 6.06. The third kappa shape index (κ3) is 5.44. The van der Waals surface area contributed by atoms with E-state index in [2.05, 4.69) is 13.0 Å². The summed E-state index contributed by atoms with van der Waals surface area (Å²) in [5, 5.41) is 10.4. The number of rotatable bonds is 3. The van der Waals surface area contributed by atoms with Crippen molar-refractivity contribution >= 4 is 47.2 Å². The standard InChI is InChI=1S/C35H34N4O4/c1-24-9-7-13-28(21-24)38(29-14-8-10-25(2)22-29)34(42)36-19-20-37(32(23-36)33(40)41)35(43)39-30-15-5-3-11-26(30)17-18-27-12-4-6-16-31(27)39/h3-18,21,25,32H,19-20,22-23H2,1-2H3,(H,40,41)/t25?,32-/m0/s1. The minimum Gasteiger partial charge on any atom is -0.480 e. The first kappa shape index (κ1) is 28.0. The number of para-hydroxylation sites is 2. The highest BCUT2D eigenvalue weighted by Gasteiger charge is 2.41.